The Bertz CT molecular complexity index is 783. The second-order valence-electron chi connectivity index (χ2n) is 4.92. The highest BCUT2D eigenvalue weighted by molar-refractivity contribution is 9.10. The van der Waals surface area contributed by atoms with E-state index in [0.717, 1.165) is 11.1 Å². The molecule has 3 nitrogen and oxygen atoms in total. The lowest BCUT2D eigenvalue weighted by Gasteiger charge is -2.27. The first kappa shape index (κ1) is 15.5. The highest BCUT2D eigenvalue weighted by atomic mass is 79.9. The molecular weight excluding hydrogens is 387 g/mol. The van der Waals surface area contributed by atoms with E-state index in [1.807, 2.05) is 48.6 Å². The zero-order valence-corrected chi connectivity index (χ0v) is 14.4. The second kappa shape index (κ2) is 6.03. The zero-order chi connectivity index (χ0) is 15.7. The molecule has 1 aliphatic rings. The van der Waals surface area contributed by atoms with Crippen molar-refractivity contribution in [2.45, 2.75) is 11.4 Å². The summed E-state index contributed by atoms with van der Waals surface area (Å²) in [5.74, 6) is 0. The van der Waals surface area contributed by atoms with Crippen LogP contribution < -0.4 is 0 Å². The van der Waals surface area contributed by atoms with Gasteiger partial charge in [0.15, 0.2) is 5.00 Å². The van der Waals surface area contributed by atoms with Crippen molar-refractivity contribution in [3.63, 3.8) is 0 Å². The van der Waals surface area contributed by atoms with Crippen molar-refractivity contribution in [3.05, 3.63) is 70.5 Å². The Balaban J connectivity index is 1.94. The highest BCUT2D eigenvalue weighted by Gasteiger charge is 2.32. The molecule has 1 unspecified atom stereocenters. The van der Waals surface area contributed by atoms with Gasteiger partial charge in [-0.2, -0.15) is 5.10 Å². The van der Waals surface area contributed by atoms with Gasteiger partial charge in [-0.05, 0) is 44.7 Å². The molecule has 1 aromatic carbocycles. The first-order valence-corrected chi connectivity index (χ1v) is 8.14. The number of nitrogens with zero attached hydrogens (tertiary/aromatic N) is 2. The van der Waals surface area contributed by atoms with E-state index in [4.69, 9.17) is 23.2 Å². The molecule has 3 rings (SSSR count). The lowest BCUT2D eigenvalue weighted by atomic mass is 9.97. The first-order valence-electron chi connectivity index (χ1n) is 6.59. The number of carbonyl (C=O) groups excluding carboxylic acids is 1. The maximum atomic E-state index is 11.5. The summed E-state index contributed by atoms with van der Waals surface area (Å²) in [5, 5.41) is 3.65. The second-order valence-corrected chi connectivity index (χ2v) is 6.73. The molecule has 0 aliphatic heterocycles. The van der Waals surface area contributed by atoms with Crippen LogP contribution in [0.15, 0.2) is 59.2 Å². The van der Waals surface area contributed by atoms with Gasteiger partial charge in [0.2, 0.25) is 0 Å². The molecule has 0 fully saturated rings. The van der Waals surface area contributed by atoms with Gasteiger partial charge in [-0.15, -0.1) is 0 Å². The quantitative estimate of drug-likeness (QED) is 0.541. The van der Waals surface area contributed by atoms with Crippen molar-refractivity contribution in [1.82, 2.24) is 9.78 Å². The molecule has 112 valence electrons. The summed E-state index contributed by atoms with van der Waals surface area (Å²) in [6.45, 7) is 0. The molecule has 1 aromatic heterocycles. The van der Waals surface area contributed by atoms with E-state index < -0.39 is 10.2 Å². The molecular formula is C16H11BrCl2N2O. The van der Waals surface area contributed by atoms with Gasteiger partial charge in [0.25, 0.3) is 5.24 Å². The number of rotatable bonds is 3. The van der Waals surface area contributed by atoms with Gasteiger partial charge >= 0.3 is 0 Å². The van der Waals surface area contributed by atoms with Crippen LogP contribution in [0.25, 0.3) is 5.57 Å². The van der Waals surface area contributed by atoms with Gasteiger partial charge in [-0.25, -0.2) is 4.68 Å². The average Bonchev–Trinajstić information content (AvgIpc) is 2.92. The number of alkyl halides is 1. The summed E-state index contributed by atoms with van der Waals surface area (Å²) in [7, 11) is 0. The van der Waals surface area contributed by atoms with Gasteiger partial charge in [0, 0.05) is 12.5 Å². The van der Waals surface area contributed by atoms with E-state index in [9.17, 15) is 4.79 Å². The number of halogens is 3. The largest absolute Gasteiger partial charge is 0.274 e. The smallest absolute Gasteiger partial charge is 0.270 e. The lowest BCUT2D eigenvalue weighted by Crippen LogP contribution is -2.29. The predicted molar refractivity (Wildman–Crippen MR) is 92.1 cm³/mol. The fourth-order valence-corrected chi connectivity index (χ4v) is 3.16. The number of allylic oxidation sites excluding steroid dienone is 4. The van der Waals surface area contributed by atoms with E-state index >= 15 is 0 Å². The summed E-state index contributed by atoms with van der Waals surface area (Å²) in [4.78, 5) is 10.6. The third-order valence-corrected chi connectivity index (χ3v) is 4.49. The van der Waals surface area contributed by atoms with E-state index in [2.05, 4.69) is 21.0 Å². The fourth-order valence-electron chi connectivity index (χ4n) is 2.38. The minimum atomic E-state index is -0.940. The summed E-state index contributed by atoms with van der Waals surface area (Å²) in [6.07, 6.45) is 6.30. The molecule has 0 saturated carbocycles. The van der Waals surface area contributed by atoms with Crippen LogP contribution >= 0.6 is 39.1 Å². The SMILES string of the molecule is O=C(Cl)c1cc(Br)nn1C1(Cl)C=CC(c2ccccc2)=CC1. The number of carbonyl (C=O) groups is 1. The van der Waals surface area contributed by atoms with Crippen LogP contribution in [0.2, 0.25) is 0 Å². The average molecular weight is 398 g/mol. The van der Waals surface area contributed by atoms with Crippen LogP contribution in [0.3, 0.4) is 0 Å². The van der Waals surface area contributed by atoms with Crippen LogP contribution in [0.1, 0.15) is 22.5 Å². The molecule has 0 bridgehead atoms. The molecule has 1 aliphatic carbocycles. The number of hydrogen-bond acceptors (Lipinski definition) is 2. The third-order valence-electron chi connectivity index (χ3n) is 3.47. The molecule has 0 spiro atoms. The van der Waals surface area contributed by atoms with Gasteiger partial charge in [-0.1, -0.05) is 54.1 Å². The number of hydrogen-bond donors (Lipinski definition) is 0. The topological polar surface area (TPSA) is 34.9 Å². The third kappa shape index (κ3) is 2.91. The molecule has 0 amide bonds. The Kier molecular flexibility index (Phi) is 4.26. The first-order chi connectivity index (χ1) is 10.5. The van der Waals surface area contributed by atoms with Gasteiger partial charge in [0.05, 0.1) is 0 Å². The van der Waals surface area contributed by atoms with Crippen LogP contribution in [0.4, 0.5) is 0 Å². The van der Waals surface area contributed by atoms with E-state index in [0.29, 0.717) is 11.0 Å². The van der Waals surface area contributed by atoms with Crippen molar-refractivity contribution < 1.29 is 4.79 Å². The van der Waals surface area contributed by atoms with E-state index in [1.54, 1.807) is 6.07 Å². The molecule has 0 radical (unpaired) electrons. The highest BCUT2D eigenvalue weighted by Crippen LogP contribution is 2.37. The molecule has 2 aromatic rings. The molecule has 22 heavy (non-hydrogen) atoms. The standard InChI is InChI=1S/C16H11BrCl2N2O/c17-14-10-13(15(18)22)21(20-14)16(19)8-6-12(7-9-16)11-4-2-1-3-5-11/h1-8,10H,9H2. The molecule has 0 N–H and O–H groups in total. The van der Waals surface area contributed by atoms with E-state index in [-0.39, 0.29) is 5.69 Å². The Hall–Kier alpha value is -1.36. The summed E-state index contributed by atoms with van der Waals surface area (Å²) in [6, 6.07) is 11.6. The minimum absolute atomic E-state index is 0.254. The van der Waals surface area contributed by atoms with Crippen molar-refractivity contribution in [1.29, 1.82) is 0 Å². The van der Waals surface area contributed by atoms with Gasteiger partial charge in [-0.3, -0.25) is 4.79 Å². The van der Waals surface area contributed by atoms with Crippen LogP contribution in [0, 0.1) is 0 Å². The fraction of sp³-hybridized carbons (Fsp3) is 0.125. The summed E-state index contributed by atoms with van der Waals surface area (Å²) >= 11 is 15.5. The van der Waals surface area contributed by atoms with Crippen LogP contribution in [-0.4, -0.2) is 15.0 Å². The Morgan fingerprint density at radius 3 is 2.64 bits per heavy atom. The Morgan fingerprint density at radius 2 is 2.05 bits per heavy atom. The zero-order valence-electron chi connectivity index (χ0n) is 11.3. The molecule has 1 atom stereocenters. The number of benzene rings is 1. The monoisotopic (exact) mass is 396 g/mol. The van der Waals surface area contributed by atoms with Crippen molar-refractivity contribution in [2.24, 2.45) is 0 Å². The maximum absolute atomic E-state index is 11.5. The summed E-state index contributed by atoms with van der Waals surface area (Å²) < 4.78 is 1.96. The van der Waals surface area contributed by atoms with Crippen LogP contribution in [-0.2, 0) is 5.00 Å². The van der Waals surface area contributed by atoms with Gasteiger partial charge in [0.1, 0.15) is 10.3 Å². The maximum Gasteiger partial charge on any atom is 0.270 e. The Labute approximate surface area is 146 Å². The predicted octanol–water partition coefficient (Wildman–Crippen LogP) is 4.96. The van der Waals surface area contributed by atoms with Crippen molar-refractivity contribution >= 4 is 49.9 Å². The van der Waals surface area contributed by atoms with Crippen LogP contribution in [0.5, 0.6) is 0 Å². The van der Waals surface area contributed by atoms with Crippen molar-refractivity contribution in [3.8, 4) is 0 Å². The van der Waals surface area contributed by atoms with Gasteiger partial charge < -0.3 is 0 Å². The van der Waals surface area contributed by atoms with Crippen molar-refractivity contribution in [2.75, 3.05) is 0 Å². The minimum Gasteiger partial charge on any atom is -0.274 e. The Morgan fingerprint density at radius 1 is 1.32 bits per heavy atom. The number of aromatic nitrogens is 2. The molecule has 1 heterocycles. The normalized spacial score (nSPS) is 20.8. The summed E-state index contributed by atoms with van der Waals surface area (Å²) in [5.41, 5.74) is 2.46. The molecule has 0 saturated heterocycles. The molecule has 6 heteroatoms. The lowest BCUT2D eigenvalue weighted by molar-refractivity contribution is 0.106. The van der Waals surface area contributed by atoms with E-state index in [1.165, 1.54) is 4.68 Å².